The molecule has 1 atom stereocenters. The number of thioether (sulfide) groups is 1. The van der Waals surface area contributed by atoms with E-state index in [0.29, 0.717) is 53.7 Å². The SMILES string of the molecule is CCC(Sc1nc(COC)c(Cc2ccccc2)c(=O)n1C)C(=O)NCCc1ccc(OC)c(OC)c1. The molecule has 0 aliphatic carbocycles. The molecule has 0 radical (unpaired) electrons. The maximum absolute atomic E-state index is 13.3. The van der Waals surface area contributed by atoms with Crippen LogP contribution in [0.3, 0.4) is 0 Å². The Morgan fingerprint density at radius 2 is 1.78 bits per heavy atom. The van der Waals surface area contributed by atoms with Gasteiger partial charge in [-0.2, -0.15) is 0 Å². The molecule has 198 valence electrons. The first kappa shape index (κ1) is 28.3. The van der Waals surface area contributed by atoms with Gasteiger partial charge in [0.1, 0.15) is 0 Å². The fourth-order valence-electron chi connectivity index (χ4n) is 3.94. The number of ether oxygens (including phenoxy) is 3. The second kappa shape index (κ2) is 13.9. The molecule has 0 aliphatic heterocycles. The molecule has 0 saturated heterocycles. The fraction of sp³-hybridized carbons (Fsp3) is 0.393. The first-order valence-electron chi connectivity index (χ1n) is 12.2. The number of nitrogens with zero attached hydrogens (tertiary/aromatic N) is 2. The molecule has 1 heterocycles. The van der Waals surface area contributed by atoms with Crippen molar-refractivity contribution >= 4 is 17.7 Å². The maximum Gasteiger partial charge on any atom is 0.257 e. The number of rotatable bonds is 13. The van der Waals surface area contributed by atoms with Crippen LogP contribution >= 0.6 is 11.8 Å². The molecule has 1 N–H and O–H groups in total. The van der Waals surface area contributed by atoms with Crippen molar-refractivity contribution in [3.8, 4) is 11.5 Å². The number of amides is 1. The first-order valence-corrected chi connectivity index (χ1v) is 13.1. The van der Waals surface area contributed by atoms with Crippen LogP contribution in [0.25, 0.3) is 0 Å². The summed E-state index contributed by atoms with van der Waals surface area (Å²) in [5.41, 5.74) is 3.13. The van der Waals surface area contributed by atoms with Gasteiger partial charge in [0.2, 0.25) is 5.91 Å². The number of carbonyl (C=O) groups is 1. The molecule has 2 aromatic carbocycles. The molecular formula is C28H35N3O5S. The molecule has 0 bridgehead atoms. The predicted molar refractivity (Wildman–Crippen MR) is 146 cm³/mol. The van der Waals surface area contributed by atoms with Crippen molar-refractivity contribution in [1.29, 1.82) is 0 Å². The van der Waals surface area contributed by atoms with Gasteiger partial charge in [-0.05, 0) is 36.1 Å². The molecule has 0 fully saturated rings. The molecule has 9 heteroatoms. The summed E-state index contributed by atoms with van der Waals surface area (Å²) in [6.45, 7) is 2.65. The van der Waals surface area contributed by atoms with E-state index in [2.05, 4.69) is 5.32 Å². The lowest BCUT2D eigenvalue weighted by molar-refractivity contribution is -0.120. The van der Waals surface area contributed by atoms with Crippen LogP contribution in [-0.4, -0.2) is 48.6 Å². The minimum absolute atomic E-state index is 0.0936. The lowest BCUT2D eigenvalue weighted by Gasteiger charge is -2.18. The van der Waals surface area contributed by atoms with Crippen molar-refractivity contribution in [1.82, 2.24) is 14.9 Å². The molecule has 37 heavy (non-hydrogen) atoms. The fourth-order valence-corrected chi connectivity index (χ4v) is 4.95. The van der Waals surface area contributed by atoms with Crippen LogP contribution in [0.1, 0.15) is 35.7 Å². The zero-order valence-electron chi connectivity index (χ0n) is 22.1. The highest BCUT2D eigenvalue weighted by atomic mass is 32.2. The number of hydrogen-bond acceptors (Lipinski definition) is 7. The second-order valence-corrected chi connectivity index (χ2v) is 9.69. The number of aromatic nitrogens is 2. The van der Waals surface area contributed by atoms with E-state index >= 15 is 0 Å². The molecule has 0 saturated carbocycles. The molecule has 8 nitrogen and oxygen atoms in total. The molecule has 3 rings (SSSR count). The van der Waals surface area contributed by atoms with Gasteiger partial charge in [0.05, 0.1) is 31.8 Å². The minimum atomic E-state index is -0.390. The maximum atomic E-state index is 13.3. The Labute approximate surface area is 222 Å². The molecule has 0 aliphatic rings. The van der Waals surface area contributed by atoms with Gasteiger partial charge in [-0.25, -0.2) is 4.98 Å². The van der Waals surface area contributed by atoms with Crippen LogP contribution in [0.4, 0.5) is 0 Å². The summed E-state index contributed by atoms with van der Waals surface area (Å²) in [5.74, 6) is 1.23. The van der Waals surface area contributed by atoms with E-state index in [9.17, 15) is 9.59 Å². The van der Waals surface area contributed by atoms with Crippen LogP contribution in [0.15, 0.2) is 58.5 Å². The Balaban J connectivity index is 1.71. The van der Waals surface area contributed by atoms with Gasteiger partial charge in [0.15, 0.2) is 16.7 Å². The summed E-state index contributed by atoms with van der Waals surface area (Å²) < 4.78 is 17.5. The number of nitrogens with one attached hydrogen (secondary N) is 1. The largest absolute Gasteiger partial charge is 0.493 e. The van der Waals surface area contributed by atoms with E-state index in [1.165, 1.54) is 16.3 Å². The summed E-state index contributed by atoms with van der Waals surface area (Å²) in [6, 6.07) is 15.5. The molecular weight excluding hydrogens is 490 g/mol. The van der Waals surface area contributed by atoms with E-state index < -0.39 is 0 Å². The van der Waals surface area contributed by atoms with Crippen LogP contribution in [0.5, 0.6) is 11.5 Å². The zero-order chi connectivity index (χ0) is 26.8. The Morgan fingerprint density at radius 1 is 1.05 bits per heavy atom. The number of carbonyl (C=O) groups excluding carboxylic acids is 1. The standard InChI is InChI=1S/C28H35N3O5S/c1-6-25(26(32)29-15-14-20-12-13-23(35-4)24(17-20)36-5)37-28-30-22(18-34-3)21(27(33)31(28)2)16-19-10-8-7-9-11-19/h7-13,17,25H,6,14-16,18H2,1-5H3,(H,29,32). The topological polar surface area (TPSA) is 91.7 Å². The third kappa shape index (κ3) is 7.36. The van der Waals surface area contributed by atoms with Crippen molar-refractivity contribution in [2.75, 3.05) is 27.9 Å². The van der Waals surface area contributed by atoms with E-state index in [1.807, 2.05) is 55.5 Å². The third-order valence-electron chi connectivity index (χ3n) is 6.01. The molecule has 1 amide bonds. The summed E-state index contributed by atoms with van der Waals surface area (Å²) >= 11 is 1.30. The summed E-state index contributed by atoms with van der Waals surface area (Å²) in [4.78, 5) is 31.0. The monoisotopic (exact) mass is 525 g/mol. The van der Waals surface area contributed by atoms with Crippen LogP contribution < -0.4 is 20.3 Å². The Hall–Kier alpha value is -3.30. The predicted octanol–water partition coefficient (Wildman–Crippen LogP) is 3.76. The van der Waals surface area contributed by atoms with Crippen LogP contribution in [0, 0.1) is 0 Å². The van der Waals surface area contributed by atoms with Gasteiger partial charge >= 0.3 is 0 Å². The zero-order valence-corrected chi connectivity index (χ0v) is 22.9. The molecule has 3 aromatic rings. The van der Waals surface area contributed by atoms with Gasteiger partial charge in [-0.3, -0.25) is 14.2 Å². The van der Waals surface area contributed by atoms with E-state index in [4.69, 9.17) is 19.2 Å². The molecule has 1 aromatic heterocycles. The summed E-state index contributed by atoms with van der Waals surface area (Å²) in [6.07, 6.45) is 1.71. The summed E-state index contributed by atoms with van der Waals surface area (Å²) in [7, 11) is 6.48. The first-order chi connectivity index (χ1) is 17.9. The Kier molecular flexibility index (Phi) is 10.6. The Morgan fingerprint density at radius 3 is 2.43 bits per heavy atom. The van der Waals surface area contributed by atoms with E-state index in [-0.39, 0.29) is 23.3 Å². The second-order valence-electron chi connectivity index (χ2n) is 8.52. The van der Waals surface area contributed by atoms with E-state index in [1.54, 1.807) is 28.4 Å². The highest BCUT2D eigenvalue weighted by molar-refractivity contribution is 8.00. The van der Waals surface area contributed by atoms with Crippen LogP contribution in [-0.2, 0) is 36.0 Å². The van der Waals surface area contributed by atoms with Gasteiger partial charge in [0.25, 0.3) is 5.56 Å². The number of hydrogen-bond donors (Lipinski definition) is 1. The normalized spacial score (nSPS) is 11.7. The third-order valence-corrected chi connectivity index (χ3v) is 7.41. The van der Waals surface area contributed by atoms with Gasteiger partial charge in [-0.1, -0.05) is 55.1 Å². The molecule has 1 unspecified atom stereocenters. The smallest absolute Gasteiger partial charge is 0.257 e. The van der Waals surface area contributed by atoms with Gasteiger partial charge in [-0.15, -0.1) is 0 Å². The number of benzene rings is 2. The van der Waals surface area contributed by atoms with Crippen molar-refractivity contribution in [2.45, 2.75) is 43.2 Å². The quantitative estimate of drug-likeness (QED) is 0.268. The Bertz CT molecular complexity index is 1250. The lowest BCUT2D eigenvalue weighted by atomic mass is 10.0. The van der Waals surface area contributed by atoms with Crippen molar-refractivity contribution in [3.63, 3.8) is 0 Å². The van der Waals surface area contributed by atoms with Crippen molar-refractivity contribution in [3.05, 3.63) is 81.3 Å². The molecule has 0 spiro atoms. The van der Waals surface area contributed by atoms with Crippen molar-refractivity contribution in [2.24, 2.45) is 7.05 Å². The average Bonchev–Trinajstić information content (AvgIpc) is 2.92. The van der Waals surface area contributed by atoms with Crippen LogP contribution in [0.2, 0.25) is 0 Å². The summed E-state index contributed by atoms with van der Waals surface area (Å²) in [5, 5.41) is 3.12. The minimum Gasteiger partial charge on any atom is -0.493 e. The highest BCUT2D eigenvalue weighted by Gasteiger charge is 2.22. The van der Waals surface area contributed by atoms with E-state index in [0.717, 1.165) is 11.1 Å². The highest BCUT2D eigenvalue weighted by Crippen LogP contribution is 2.28. The van der Waals surface area contributed by atoms with Gasteiger partial charge < -0.3 is 19.5 Å². The average molecular weight is 526 g/mol. The van der Waals surface area contributed by atoms with Crippen molar-refractivity contribution < 1.29 is 19.0 Å². The van der Waals surface area contributed by atoms with Gasteiger partial charge in [0, 0.05) is 32.7 Å². The lowest BCUT2D eigenvalue weighted by Crippen LogP contribution is -2.35. The number of methoxy groups -OCH3 is 3.